The summed E-state index contributed by atoms with van der Waals surface area (Å²) >= 11 is 0. The van der Waals surface area contributed by atoms with Gasteiger partial charge < -0.3 is 0 Å². The first-order valence-corrected chi connectivity index (χ1v) is 3.43. The van der Waals surface area contributed by atoms with Gasteiger partial charge in [0, 0.05) is 12.1 Å². The number of rotatable bonds is 2. The highest BCUT2D eigenvalue weighted by Crippen LogP contribution is 1.71. The van der Waals surface area contributed by atoms with Gasteiger partial charge in [-0.05, 0) is 0 Å². The third-order valence-electron chi connectivity index (χ3n) is 1.35. The van der Waals surface area contributed by atoms with Crippen LogP contribution in [0.2, 0.25) is 0 Å². The van der Waals surface area contributed by atoms with Crippen molar-refractivity contribution in [3.05, 3.63) is 32.8 Å². The maximum atomic E-state index is 11.0. The largest absolute Gasteiger partial charge is 0.293 e. The highest BCUT2D eigenvalue weighted by atomic mass is 16.2. The van der Waals surface area contributed by atoms with Crippen molar-refractivity contribution in [1.29, 1.82) is 0 Å². The summed E-state index contributed by atoms with van der Waals surface area (Å²) in [5.41, 5.74) is 0.916. The zero-order valence-corrected chi connectivity index (χ0v) is 6.61. The molecular formula is C6H8N4O3. The summed E-state index contributed by atoms with van der Waals surface area (Å²) in [5.74, 6) is 4.24. The lowest BCUT2D eigenvalue weighted by Gasteiger charge is -2.01. The molecule has 1 aromatic rings. The summed E-state index contributed by atoms with van der Waals surface area (Å²) in [6.45, 7) is -0.300. The Morgan fingerprint density at radius 3 is 2.85 bits per heavy atom. The van der Waals surface area contributed by atoms with E-state index in [4.69, 9.17) is 5.84 Å². The molecule has 7 heteroatoms. The van der Waals surface area contributed by atoms with Crippen LogP contribution < -0.4 is 22.4 Å². The molecule has 0 saturated heterocycles. The van der Waals surface area contributed by atoms with Crippen LogP contribution in [0.15, 0.2) is 21.7 Å². The molecule has 0 spiro atoms. The summed E-state index contributed by atoms with van der Waals surface area (Å²) < 4.78 is 0.866. The Labute approximate surface area is 72.1 Å². The van der Waals surface area contributed by atoms with Gasteiger partial charge in [-0.25, -0.2) is 10.5 Å². The van der Waals surface area contributed by atoms with Crippen LogP contribution in [0.5, 0.6) is 0 Å². The molecule has 0 atom stereocenters. The van der Waals surface area contributed by atoms with Crippen LogP contribution in [0.1, 0.15) is 0 Å². The van der Waals surface area contributed by atoms with E-state index in [1.807, 2.05) is 5.43 Å². The quantitative estimate of drug-likeness (QED) is 0.268. The van der Waals surface area contributed by atoms with E-state index in [-0.39, 0.29) is 6.54 Å². The molecule has 0 radical (unpaired) electrons. The number of aromatic amines is 1. The van der Waals surface area contributed by atoms with Crippen LogP contribution in [0.25, 0.3) is 0 Å². The van der Waals surface area contributed by atoms with Gasteiger partial charge in [0.1, 0.15) is 6.54 Å². The number of nitrogens with one attached hydrogen (secondary N) is 2. The molecule has 70 valence electrons. The van der Waals surface area contributed by atoms with Gasteiger partial charge in [0.25, 0.3) is 17.0 Å². The maximum Gasteiger partial charge on any atom is 0.265 e. The fourth-order valence-corrected chi connectivity index (χ4v) is 0.769. The predicted molar refractivity (Wildman–Crippen MR) is 43.7 cm³/mol. The second-order valence-electron chi connectivity index (χ2n) is 2.30. The number of aromatic nitrogens is 2. The molecule has 1 amide bonds. The molecule has 0 aliphatic carbocycles. The number of hydrogen-bond donors (Lipinski definition) is 3. The molecule has 7 nitrogen and oxygen atoms in total. The molecule has 0 aliphatic heterocycles. The molecule has 13 heavy (non-hydrogen) atoms. The Hall–Kier alpha value is -1.89. The van der Waals surface area contributed by atoms with Crippen LogP contribution in [-0.2, 0) is 11.3 Å². The van der Waals surface area contributed by atoms with Crippen molar-refractivity contribution in [2.45, 2.75) is 6.54 Å². The number of nitrogens with two attached hydrogens (primary N) is 1. The molecule has 1 rings (SSSR count). The summed E-state index contributed by atoms with van der Waals surface area (Å²) in [6, 6.07) is 2.15. The molecule has 0 aromatic carbocycles. The minimum atomic E-state index is -0.566. The summed E-state index contributed by atoms with van der Waals surface area (Å²) in [4.78, 5) is 32.5. The van der Waals surface area contributed by atoms with Crippen LogP contribution >= 0.6 is 0 Å². The smallest absolute Gasteiger partial charge is 0.265 e. The topological polar surface area (TPSA) is 110 Å². The molecule has 1 aromatic heterocycles. The molecular weight excluding hydrogens is 176 g/mol. The van der Waals surface area contributed by atoms with Gasteiger partial charge in [0.05, 0.1) is 0 Å². The summed E-state index contributed by atoms with van der Waals surface area (Å²) in [6.07, 6.45) is 0. The molecule has 4 N–H and O–H groups in total. The van der Waals surface area contributed by atoms with Crippen molar-refractivity contribution in [2.75, 3.05) is 0 Å². The van der Waals surface area contributed by atoms with Crippen molar-refractivity contribution < 1.29 is 4.79 Å². The number of hydrogen-bond acceptors (Lipinski definition) is 4. The number of carbonyl (C=O) groups is 1. The first-order valence-electron chi connectivity index (χ1n) is 3.43. The van der Waals surface area contributed by atoms with E-state index in [0.717, 1.165) is 16.8 Å². The van der Waals surface area contributed by atoms with Crippen LogP contribution in [0.3, 0.4) is 0 Å². The lowest BCUT2D eigenvalue weighted by molar-refractivity contribution is -0.122. The SMILES string of the molecule is NNC(=O)Cn1[nH]c(=O)ccc1=O. The lowest BCUT2D eigenvalue weighted by Crippen LogP contribution is -2.38. The molecule has 0 aliphatic rings. The van der Waals surface area contributed by atoms with E-state index < -0.39 is 17.0 Å². The Morgan fingerprint density at radius 1 is 1.54 bits per heavy atom. The van der Waals surface area contributed by atoms with Gasteiger partial charge >= 0.3 is 0 Å². The zero-order valence-electron chi connectivity index (χ0n) is 6.61. The van der Waals surface area contributed by atoms with E-state index in [1.54, 1.807) is 0 Å². The van der Waals surface area contributed by atoms with Crippen molar-refractivity contribution in [3.8, 4) is 0 Å². The van der Waals surface area contributed by atoms with Gasteiger partial charge in [0.2, 0.25) is 0 Å². The van der Waals surface area contributed by atoms with E-state index in [2.05, 4.69) is 5.10 Å². The molecule has 0 saturated carbocycles. The molecule has 0 bridgehead atoms. The van der Waals surface area contributed by atoms with Crippen molar-refractivity contribution in [3.63, 3.8) is 0 Å². The van der Waals surface area contributed by atoms with Crippen LogP contribution in [0.4, 0.5) is 0 Å². The second kappa shape index (κ2) is 3.68. The predicted octanol–water partition coefficient (Wildman–Crippen LogP) is -2.47. The third-order valence-corrected chi connectivity index (χ3v) is 1.35. The minimum Gasteiger partial charge on any atom is -0.293 e. The van der Waals surface area contributed by atoms with Crippen LogP contribution in [-0.4, -0.2) is 15.7 Å². The van der Waals surface area contributed by atoms with Gasteiger partial charge in [0.15, 0.2) is 0 Å². The van der Waals surface area contributed by atoms with Gasteiger partial charge in [-0.2, -0.15) is 0 Å². The Kier molecular flexibility index (Phi) is 2.60. The average Bonchev–Trinajstić information content (AvgIpc) is 2.11. The van der Waals surface area contributed by atoms with E-state index in [1.165, 1.54) is 0 Å². The number of amides is 1. The van der Waals surface area contributed by atoms with Crippen LogP contribution in [0, 0.1) is 0 Å². The van der Waals surface area contributed by atoms with Gasteiger partial charge in [-0.3, -0.25) is 24.9 Å². The first-order chi connectivity index (χ1) is 6.13. The fourth-order valence-electron chi connectivity index (χ4n) is 0.769. The highest BCUT2D eigenvalue weighted by molar-refractivity contribution is 5.74. The second-order valence-corrected chi connectivity index (χ2v) is 2.30. The monoisotopic (exact) mass is 184 g/mol. The van der Waals surface area contributed by atoms with Gasteiger partial charge in [-0.1, -0.05) is 0 Å². The summed E-state index contributed by atoms with van der Waals surface area (Å²) in [5, 5.41) is 2.17. The number of carbonyl (C=O) groups excluding carboxylic acids is 1. The molecule has 0 fully saturated rings. The third kappa shape index (κ3) is 2.27. The standard InChI is InChI=1S/C6H8N4O3/c7-8-5(12)3-10-6(13)2-1-4(11)9-10/h1-2H,3,7H2,(H,8,12)(H,9,11). The Bertz CT molecular complexity index is 418. The van der Waals surface area contributed by atoms with Gasteiger partial charge in [-0.15, -0.1) is 0 Å². The van der Waals surface area contributed by atoms with Crippen molar-refractivity contribution in [1.82, 2.24) is 15.2 Å². The van der Waals surface area contributed by atoms with E-state index in [9.17, 15) is 14.4 Å². The Balaban J connectivity index is 3.01. The van der Waals surface area contributed by atoms with Crippen molar-refractivity contribution in [2.24, 2.45) is 5.84 Å². The van der Waals surface area contributed by atoms with Crippen molar-refractivity contribution >= 4 is 5.91 Å². The van der Waals surface area contributed by atoms with E-state index >= 15 is 0 Å². The normalized spacial score (nSPS) is 9.62. The summed E-state index contributed by atoms with van der Waals surface area (Å²) in [7, 11) is 0. The highest BCUT2D eigenvalue weighted by Gasteiger charge is 2.01. The van der Waals surface area contributed by atoms with E-state index in [0.29, 0.717) is 0 Å². The minimum absolute atomic E-state index is 0.300. The molecule has 0 unspecified atom stereocenters. The average molecular weight is 184 g/mol. The maximum absolute atomic E-state index is 11.0. The Morgan fingerprint density at radius 2 is 2.23 bits per heavy atom. The number of H-pyrrole nitrogens is 1. The number of nitrogens with zero attached hydrogens (tertiary/aromatic N) is 1. The fraction of sp³-hybridized carbons (Fsp3) is 0.167. The number of hydrazine groups is 1. The first kappa shape index (κ1) is 9.20. The lowest BCUT2D eigenvalue weighted by atomic mass is 10.5. The molecule has 1 heterocycles. The zero-order chi connectivity index (χ0) is 9.84.